The maximum Gasteiger partial charge on any atom is 0.139 e. The highest BCUT2D eigenvalue weighted by Crippen LogP contribution is 2.28. The summed E-state index contributed by atoms with van der Waals surface area (Å²) in [5, 5.41) is 3.56. The van der Waals surface area contributed by atoms with Crippen LogP contribution < -0.4 is 5.32 Å². The molecule has 1 aromatic carbocycles. The summed E-state index contributed by atoms with van der Waals surface area (Å²) in [6, 6.07) is 14.6. The van der Waals surface area contributed by atoms with Crippen LogP contribution in [0.4, 0.5) is 5.82 Å². The van der Waals surface area contributed by atoms with E-state index in [2.05, 4.69) is 66.2 Å². The van der Waals surface area contributed by atoms with Crippen LogP contribution in [0.5, 0.6) is 0 Å². The number of nitrogens with zero attached hydrogens (tertiary/aromatic N) is 2. The van der Waals surface area contributed by atoms with Crippen molar-refractivity contribution in [2.24, 2.45) is 0 Å². The summed E-state index contributed by atoms with van der Waals surface area (Å²) in [4.78, 5) is 4.82. The molecule has 3 rings (SSSR count). The summed E-state index contributed by atoms with van der Waals surface area (Å²) in [5.74, 6) is 1.09. The molecule has 0 aliphatic heterocycles. The number of fused-ring (bicyclic) bond motifs is 1. The van der Waals surface area contributed by atoms with Gasteiger partial charge in [0.25, 0.3) is 0 Å². The predicted molar refractivity (Wildman–Crippen MR) is 88.8 cm³/mol. The summed E-state index contributed by atoms with van der Waals surface area (Å²) in [5.41, 5.74) is 4.40. The Kier molecular flexibility index (Phi) is 3.91. The molecule has 2 aromatic heterocycles. The third kappa shape index (κ3) is 2.77. The van der Waals surface area contributed by atoms with E-state index in [9.17, 15) is 0 Å². The van der Waals surface area contributed by atoms with Gasteiger partial charge in [0, 0.05) is 18.3 Å². The van der Waals surface area contributed by atoms with E-state index in [1.807, 2.05) is 6.07 Å². The topological polar surface area (TPSA) is 29.3 Å². The predicted octanol–water partition coefficient (Wildman–Crippen LogP) is 4.52. The number of benzene rings is 1. The van der Waals surface area contributed by atoms with Crippen molar-refractivity contribution in [3.8, 4) is 11.3 Å². The second-order valence-electron chi connectivity index (χ2n) is 5.39. The molecule has 0 atom stereocenters. The Hall–Kier alpha value is -2.29. The average molecular weight is 279 g/mol. The molecule has 3 aromatic rings. The van der Waals surface area contributed by atoms with Crippen LogP contribution in [0.1, 0.15) is 25.3 Å². The number of hydrogen-bond donors (Lipinski definition) is 1. The van der Waals surface area contributed by atoms with E-state index in [1.165, 1.54) is 12.0 Å². The van der Waals surface area contributed by atoms with Crippen molar-refractivity contribution in [2.75, 3.05) is 11.9 Å². The second-order valence-corrected chi connectivity index (χ2v) is 5.39. The molecule has 21 heavy (non-hydrogen) atoms. The Balaban J connectivity index is 2.10. The molecule has 0 radical (unpaired) electrons. The monoisotopic (exact) mass is 279 g/mol. The largest absolute Gasteiger partial charge is 0.369 e. The Morgan fingerprint density at radius 3 is 2.71 bits per heavy atom. The number of rotatable bonds is 5. The van der Waals surface area contributed by atoms with Gasteiger partial charge in [-0.1, -0.05) is 43.7 Å². The van der Waals surface area contributed by atoms with Gasteiger partial charge in [-0.25, -0.2) is 4.98 Å². The van der Waals surface area contributed by atoms with Crippen molar-refractivity contribution in [1.82, 2.24) is 9.38 Å². The van der Waals surface area contributed by atoms with Crippen LogP contribution in [-0.2, 0) is 0 Å². The second kappa shape index (κ2) is 6.00. The molecule has 0 bridgehead atoms. The van der Waals surface area contributed by atoms with E-state index >= 15 is 0 Å². The van der Waals surface area contributed by atoms with Crippen LogP contribution in [-0.4, -0.2) is 15.9 Å². The number of anilines is 1. The summed E-state index contributed by atoms with van der Waals surface area (Å²) in [6.45, 7) is 5.27. The van der Waals surface area contributed by atoms with Crippen molar-refractivity contribution < 1.29 is 0 Å². The number of imidazole rings is 1. The Bertz CT molecular complexity index is 729. The van der Waals surface area contributed by atoms with E-state index in [0.29, 0.717) is 0 Å². The highest BCUT2D eigenvalue weighted by molar-refractivity contribution is 5.76. The van der Waals surface area contributed by atoms with Gasteiger partial charge in [-0.2, -0.15) is 0 Å². The lowest BCUT2D eigenvalue weighted by molar-refractivity contribution is 0.830. The van der Waals surface area contributed by atoms with Crippen LogP contribution in [0.3, 0.4) is 0 Å². The molecule has 1 N–H and O–H groups in total. The number of aromatic nitrogens is 2. The first-order valence-electron chi connectivity index (χ1n) is 7.57. The zero-order valence-corrected chi connectivity index (χ0v) is 12.6. The van der Waals surface area contributed by atoms with Gasteiger partial charge < -0.3 is 5.32 Å². The van der Waals surface area contributed by atoms with Gasteiger partial charge in [0.1, 0.15) is 17.2 Å². The van der Waals surface area contributed by atoms with E-state index in [-0.39, 0.29) is 0 Å². The zero-order valence-electron chi connectivity index (χ0n) is 12.6. The summed E-state index contributed by atoms with van der Waals surface area (Å²) < 4.78 is 2.14. The quantitative estimate of drug-likeness (QED) is 0.696. The van der Waals surface area contributed by atoms with E-state index in [1.54, 1.807) is 0 Å². The lowest BCUT2D eigenvalue weighted by Crippen LogP contribution is -2.04. The molecule has 3 heteroatoms. The maximum absolute atomic E-state index is 4.82. The van der Waals surface area contributed by atoms with E-state index in [4.69, 9.17) is 4.98 Å². The Morgan fingerprint density at radius 2 is 1.95 bits per heavy atom. The molecular formula is C18H21N3. The first kappa shape index (κ1) is 13.7. The molecule has 0 amide bonds. The van der Waals surface area contributed by atoms with Crippen LogP contribution in [0.2, 0.25) is 0 Å². The maximum atomic E-state index is 4.82. The SMILES string of the molecule is CCCCNc1c(-c2ccccc2)nc2cc(C)ccn12. The first-order valence-corrected chi connectivity index (χ1v) is 7.57. The van der Waals surface area contributed by atoms with Crippen LogP contribution in [0.15, 0.2) is 48.7 Å². The Labute approximate surface area is 125 Å². The zero-order chi connectivity index (χ0) is 14.7. The molecule has 0 aliphatic carbocycles. The van der Waals surface area contributed by atoms with E-state index < -0.39 is 0 Å². The molecule has 0 fully saturated rings. The fraction of sp³-hybridized carbons (Fsp3) is 0.278. The van der Waals surface area contributed by atoms with Crippen molar-refractivity contribution in [1.29, 1.82) is 0 Å². The lowest BCUT2D eigenvalue weighted by atomic mass is 10.1. The highest BCUT2D eigenvalue weighted by atomic mass is 15.1. The standard InChI is InChI=1S/C18H21N3/c1-3-4-11-19-18-17(15-8-6-5-7-9-15)20-16-13-14(2)10-12-21(16)18/h5-10,12-13,19H,3-4,11H2,1-2H3. The van der Waals surface area contributed by atoms with E-state index in [0.717, 1.165) is 35.7 Å². The molecule has 0 unspecified atom stereocenters. The minimum absolute atomic E-state index is 0.970. The minimum atomic E-state index is 0.970. The smallest absolute Gasteiger partial charge is 0.139 e. The van der Waals surface area contributed by atoms with Gasteiger partial charge in [-0.05, 0) is 31.0 Å². The van der Waals surface area contributed by atoms with Gasteiger partial charge in [-0.15, -0.1) is 0 Å². The van der Waals surface area contributed by atoms with Crippen molar-refractivity contribution in [3.05, 3.63) is 54.2 Å². The van der Waals surface area contributed by atoms with Crippen molar-refractivity contribution in [3.63, 3.8) is 0 Å². The number of aryl methyl sites for hydroxylation is 1. The molecule has 0 saturated carbocycles. The Morgan fingerprint density at radius 1 is 1.14 bits per heavy atom. The first-order chi connectivity index (χ1) is 10.3. The van der Waals surface area contributed by atoms with Crippen LogP contribution in [0, 0.1) is 6.92 Å². The molecule has 0 aliphatic rings. The van der Waals surface area contributed by atoms with Crippen LogP contribution in [0.25, 0.3) is 16.9 Å². The fourth-order valence-electron chi connectivity index (χ4n) is 2.50. The summed E-state index contributed by atoms with van der Waals surface area (Å²) >= 11 is 0. The molecule has 0 spiro atoms. The van der Waals surface area contributed by atoms with Gasteiger partial charge >= 0.3 is 0 Å². The molecular weight excluding hydrogens is 258 g/mol. The van der Waals surface area contributed by atoms with Gasteiger partial charge in [0.15, 0.2) is 0 Å². The van der Waals surface area contributed by atoms with Gasteiger partial charge in [0.05, 0.1) is 0 Å². The number of pyridine rings is 1. The molecule has 0 saturated heterocycles. The number of hydrogen-bond acceptors (Lipinski definition) is 2. The van der Waals surface area contributed by atoms with Gasteiger partial charge in [-0.3, -0.25) is 4.40 Å². The van der Waals surface area contributed by atoms with Gasteiger partial charge in [0.2, 0.25) is 0 Å². The summed E-state index contributed by atoms with van der Waals surface area (Å²) in [7, 11) is 0. The molecule has 2 heterocycles. The normalized spacial score (nSPS) is 11.0. The number of nitrogens with one attached hydrogen (secondary N) is 1. The minimum Gasteiger partial charge on any atom is -0.369 e. The van der Waals surface area contributed by atoms with Crippen molar-refractivity contribution in [2.45, 2.75) is 26.7 Å². The fourth-order valence-corrected chi connectivity index (χ4v) is 2.50. The molecule has 3 nitrogen and oxygen atoms in total. The highest BCUT2D eigenvalue weighted by Gasteiger charge is 2.13. The number of unbranched alkanes of at least 4 members (excludes halogenated alkanes) is 1. The molecule has 108 valence electrons. The lowest BCUT2D eigenvalue weighted by Gasteiger charge is -2.08. The van der Waals surface area contributed by atoms with Crippen molar-refractivity contribution >= 4 is 11.5 Å². The third-order valence-electron chi connectivity index (χ3n) is 3.65. The third-order valence-corrected chi connectivity index (χ3v) is 3.65. The summed E-state index contributed by atoms with van der Waals surface area (Å²) in [6.07, 6.45) is 4.44. The average Bonchev–Trinajstić information content (AvgIpc) is 2.86. The van der Waals surface area contributed by atoms with Crippen LogP contribution >= 0.6 is 0 Å².